The van der Waals surface area contributed by atoms with Gasteiger partial charge in [0, 0.05) is 12.1 Å². The van der Waals surface area contributed by atoms with Gasteiger partial charge in [-0.15, -0.1) is 0 Å². The van der Waals surface area contributed by atoms with Crippen LogP contribution in [-0.2, 0) is 9.53 Å². The Morgan fingerprint density at radius 3 is 2.56 bits per heavy atom. The van der Waals surface area contributed by atoms with Gasteiger partial charge in [-0.25, -0.2) is 0 Å². The summed E-state index contributed by atoms with van der Waals surface area (Å²) in [5, 5.41) is 12.8. The lowest BCUT2D eigenvalue weighted by atomic mass is 9.86. The molecular weight excluding hydrogens is 206 g/mol. The second kappa shape index (κ2) is 5.64. The molecule has 16 heavy (non-hydrogen) atoms. The van der Waals surface area contributed by atoms with Crippen molar-refractivity contribution in [3.63, 3.8) is 0 Å². The van der Waals surface area contributed by atoms with Crippen molar-refractivity contribution in [3.8, 4) is 0 Å². The lowest BCUT2D eigenvalue weighted by Gasteiger charge is -2.25. The second-order valence-electron chi connectivity index (χ2n) is 5.54. The number of aliphatic hydroxyl groups excluding tert-OH is 1. The van der Waals surface area contributed by atoms with Gasteiger partial charge in [0.05, 0.1) is 5.92 Å². The monoisotopic (exact) mass is 229 g/mol. The van der Waals surface area contributed by atoms with Crippen LogP contribution in [0.2, 0.25) is 0 Å². The maximum absolute atomic E-state index is 11.4. The van der Waals surface area contributed by atoms with Crippen molar-refractivity contribution in [1.29, 1.82) is 0 Å². The van der Waals surface area contributed by atoms with Crippen LogP contribution < -0.4 is 5.32 Å². The van der Waals surface area contributed by atoms with E-state index in [0.29, 0.717) is 6.54 Å². The van der Waals surface area contributed by atoms with E-state index in [1.807, 2.05) is 20.8 Å². The molecule has 0 spiro atoms. The van der Waals surface area contributed by atoms with Crippen LogP contribution in [0.5, 0.6) is 0 Å². The number of hydrogen-bond donors (Lipinski definition) is 2. The zero-order valence-electron chi connectivity index (χ0n) is 10.5. The molecule has 1 aliphatic carbocycles. The Labute approximate surface area is 97.4 Å². The van der Waals surface area contributed by atoms with Crippen LogP contribution in [-0.4, -0.2) is 35.9 Å². The lowest BCUT2D eigenvalue weighted by Crippen LogP contribution is -2.42. The summed E-state index contributed by atoms with van der Waals surface area (Å²) >= 11 is 0. The Morgan fingerprint density at radius 2 is 2.12 bits per heavy atom. The zero-order valence-corrected chi connectivity index (χ0v) is 10.5. The van der Waals surface area contributed by atoms with Gasteiger partial charge in [-0.1, -0.05) is 6.42 Å². The van der Waals surface area contributed by atoms with E-state index in [1.54, 1.807) is 0 Å². The molecule has 0 bridgehead atoms. The first-order chi connectivity index (χ1) is 7.38. The van der Waals surface area contributed by atoms with E-state index in [4.69, 9.17) is 4.74 Å². The molecular formula is C12H23NO3. The van der Waals surface area contributed by atoms with Crippen LogP contribution in [0.1, 0.15) is 40.0 Å². The number of rotatable bonds is 5. The number of β-amino-alcohol motifs (C(OH)–C–C–N with tert-alkyl or cyclic N) is 1. The smallest absolute Gasteiger partial charge is 0.309 e. The molecule has 4 heteroatoms. The Morgan fingerprint density at radius 1 is 1.50 bits per heavy atom. The normalized spacial score (nSPS) is 19.0. The molecule has 0 saturated heterocycles. The van der Waals surface area contributed by atoms with Crippen LogP contribution in [0.4, 0.5) is 0 Å². The second-order valence-corrected chi connectivity index (χ2v) is 5.54. The van der Waals surface area contributed by atoms with E-state index in [0.717, 1.165) is 19.3 Å². The average Bonchev–Trinajstić information content (AvgIpc) is 2.07. The molecule has 1 atom stereocenters. The van der Waals surface area contributed by atoms with Gasteiger partial charge in [0.1, 0.15) is 12.7 Å². The highest BCUT2D eigenvalue weighted by Crippen LogP contribution is 2.27. The number of nitrogens with one attached hydrogen (secondary N) is 1. The van der Waals surface area contributed by atoms with E-state index in [1.165, 1.54) is 0 Å². The van der Waals surface area contributed by atoms with Crippen LogP contribution in [0.3, 0.4) is 0 Å². The Hall–Kier alpha value is -0.610. The van der Waals surface area contributed by atoms with E-state index >= 15 is 0 Å². The highest BCUT2D eigenvalue weighted by molar-refractivity contribution is 5.73. The molecule has 1 saturated carbocycles. The summed E-state index contributed by atoms with van der Waals surface area (Å²) in [7, 11) is 0. The molecule has 0 heterocycles. The molecule has 1 aliphatic rings. The molecule has 4 nitrogen and oxygen atoms in total. The zero-order chi connectivity index (χ0) is 12.2. The fourth-order valence-corrected chi connectivity index (χ4v) is 1.42. The number of carbonyl (C=O) groups excluding carboxylic acids is 1. The highest BCUT2D eigenvalue weighted by Gasteiger charge is 2.27. The minimum atomic E-state index is -0.622. The van der Waals surface area contributed by atoms with Crippen molar-refractivity contribution in [1.82, 2.24) is 5.32 Å². The summed E-state index contributed by atoms with van der Waals surface area (Å²) in [6, 6.07) is 0. The molecule has 0 aromatic carbocycles. The fraction of sp³-hybridized carbons (Fsp3) is 0.917. The summed E-state index contributed by atoms with van der Waals surface area (Å²) in [6.07, 6.45) is 2.38. The maximum atomic E-state index is 11.4. The predicted octanol–water partition coefficient (Wildman–Crippen LogP) is 1.08. The Kier molecular flexibility index (Phi) is 4.74. The third-order valence-electron chi connectivity index (χ3n) is 2.72. The summed E-state index contributed by atoms with van der Waals surface area (Å²) in [5.41, 5.74) is -0.0288. The summed E-state index contributed by atoms with van der Waals surface area (Å²) < 4.78 is 5.04. The Balaban J connectivity index is 2.09. The van der Waals surface area contributed by atoms with E-state index in [9.17, 15) is 9.90 Å². The molecule has 94 valence electrons. The molecule has 1 unspecified atom stereocenters. The van der Waals surface area contributed by atoms with E-state index in [2.05, 4.69) is 5.32 Å². The SMILES string of the molecule is CC(C)(C)NCC(O)COC(=O)C1CCC1. The topological polar surface area (TPSA) is 58.6 Å². The number of ether oxygens (including phenoxy) is 1. The van der Waals surface area contributed by atoms with Crippen molar-refractivity contribution in [2.24, 2.45) is 5.92 Å². The van der Waals surface area contributed by atoms with E-state index in [-0.39, 0.29) is 24.0 Å². The minimum Gasteiger partial charge on any atom is -0.463 e. The first kappa shape index (κ1) is 13.5. The van der Waals surface area contributed by atoms with Crippen LogP contribution >= 0.6 is 0 Å². The molecule has 0 aliphatic heterocycles. The first-order valence-corrected chi connectivity index (χ1v) is 5.98. The molecule has 1 rings (SSSR count). The van der Waals surface area contributed by atoms with Crippen molar-refractivity contribution < 1.29 is 14.6 Å². The largest absolute Gasteiger partial charge is 0.463 e. The van der Waals surface area contributed by atoms with Gasteiger partial charge in [-0.2, -0.15) is 0 Å². The van der Waals surface area contributed by atoms with Crippen LogP contribution in [0, 0.1) is 5.92 Å². The van der Waals surface area contributed by atoms with Gasteiger partial charge in [0.2, 0.25) is 0 Å². The molecule has 0 aromatic rings. The van der Waals surface area contributed by atoms with Crippen molar-refractivity contribution in [2.75, 3.05) is 13.2 Å². The third kappa shape index (κ3) is 4.94. The van der Waals surface area contributed by atoms with Gasteiger partial charge in [0.25, 0.3) is 0 Å². The predicted molar refractivity (Wildman–Crippen MR) is 62.1 cm³/mol. The number of carbonyl (C=O) groups is 1. The van der Waals surface area contributed by atoms with Gasteiger partial charge < -0.3 is 15.2 Å². The number of aliphatic hydroxyl groups is 1. The fourth-order valence-electron chi connectivity index (χ4n) is 1.42. The first-order valence-electron chi connectivity index (χ1n) is 5.98. The van der Waals surface area contributed by atoms with Crippen LogP contribution in [0.25, 0.3) is 0 Å². The summed E-state index contributed by atoms with van der Waals surface area (Å²) in [5.74, 6) is -0.0659. The van der Waals surface area contributed by atoms with Gasteiger partial charge in [-0.3, -0.25) is 4.79 Å². The van der Waals surface area contributed by atoms with E-state index < -0.39 is 6.10 Å². The quantitative estimate of drug-likeness (QED) is 0.693. The van der Waals surface area contributed by atoms with Gasteiger partial charge >= 0.3 is 5.97 Å². The third-order valence-corrected chi connectivity index (χ3v) is 2.72. The van der Waals surface area contributed by atoms with Crippen LogP contribution in [0.15, 0.2) is 0 Å². The van der Waals surface area contributed by atoms with Gasteiger partial charge in [0.15, 0.2) is 0 Å². The van der Waals surface area contributed by atoms with Crippen molar-refractivity contribution in [2.45, 2.75) is 51.7 Å². The minimum absolute atomic E-state index is 0.0288. The number of hydrogen-bond acceptors (Lipinski definition) is 4. The standard InChI is InChI=1S/C12H23NO3/c1-12(2,3)13-7-10(14)8-16-11(15)9-5-4-6-9/h9-10,13-14H,4-8H2,1-3H3. The molecule has 2 N–H and O–H groups in total. The molecule has 0 amide bonds. The average molecular weight is 229 g/mol. The Bertz CT molecular complexity index is 231. The molecule has 0 aromatic heterocycles. The summed E-state index contributed by atoms with van der Waals surface area (Å²) in [4.78, 5) is 11.4. The van der Waals surface area contributed by atoms with Gasteiger partial charge in [-0.05, 0) is 33.6 Å². The highest BCUT2D eigenvalue weighted by atomic mass is 16.5. The van der Waals surface area contributed by atoms with Crippen molar-refractivity contribution in [3.05, 3.63) is 0 Å². The maximum Gasteiger partial charge on any atom is 0.309 e. The van der Waals surface area contributed by atoms with Crippen molar-refractivity contribution >= 4 is 5.97 Å². The number of esters is 1. The molecule has 1 fully saturated rings. The molecule has 0 radical (unpaired) electrons. The summed E-state index contributed by atoms with van der Waals surface area (Å²) in [6.45, 7) is 6.63. The lowest BCUT2D eigenvalue weighted by molar-refractivity contribution is -0.154.